The predicted octanol–water partition coefficient (Wildman–Crippen LogP) is 2.24. The minimum Gasteiger partial charge on any atom is -0.395 e. The molecule has 2 rings (SSSR count). The van der Waals surface area contributed by atoms with Crippen LogP contribution in [0.1, 0.15) is 12.7 Å². The van der Waals surface area contributed by atoms with Crippen LogP contribution in [0, 0.1) is 0 Å². The van der Waals surface area contributed by atoms with Crippen LogP contribution in [0.4, 0.5) is 0 Å². The minimum atomic E-state index is 0.126. The average molecular weight is 225 g/mol. The fourth-order valence-corrected chi connectivity index (χ4v) is 1.94. The van der Waals surface area contributed by atoms with Crippen molar-refractivity contribution in [2.24, 2.45) is 0 Å². The van der Waals surface area contributed by atoms with Crippen molar-refractivity contribution < 1.29 is 5.11 Å². The first-order valence-corrected chi connectivity index (χ1v) is 5.39. The summed E-state index contributed by atoms with van der Waals surface area (Å²) in [6.45, 7) is 2.76. The monoisotopic (exact) mass is 224 g/mol. The maximum Gasteiger partial charge on any atom is 0.109 e. The Hall–Kier alpha value is -1.06. The molecular weight excluding hydrogens is 212 g/mol. The van der Waals surface area contributed by atoms with E-state index in [1.165, 1.54) is 0 Å². The van der Waals surface area contributed by atoms with Crippen molar-refractivity contribution in [3.63, 3.8) is 0 Å². The van der Waals surface area contributed by atoms with Crippen molar-refractivity contribution in [1.82, 2.24) is 9.55 Å². The fourth-order valence-electron chi connectivity index (χ4n) is 1.77. The van der Waals surface area contributed by atoms with Gasteiger partial charge >= 0.3 is 0 Å². The molecule has 0 spiro atoms. The number of hydrogen-bond donors (Lipinski definition) is 1. The number of aliphatic hydroxyl groups excluding tert-OH is 1. The maximum absolute atomic E-state index is 9.00. The van der Waals surface area contributed by atoms with Gasteiger partial charge in [-0.2, -0.15) is 0 Å². The molecule has 1 aromatic carbocycles. The van der Waals surface area contributed by atoms with Gasteiger partial charge in [-0.3, -0.25) is 0 Å². The molecule has 0 unspecified atom stereocenters. The molecule has 1 aromatic heterocycles. The molecule has 1 heterocycles. The van der Waals surface area contributed by atoms with Gasteiger partial charge in [0.25, 0.3) is 0 Å². The van der Waals surface area contributed by atoms with Crippen molar-refractivity contribution in [3.8, 4) is 0 Å². The Kier molecular flexibility index (Phi) is 2.93. The second-order valence-corrected chi connectivity index (χ2v) is 3.83. The Labute approximate surface area is 93.3 Å². The molecule has 0 aliphatic rings. The molecule has 0 aliphatic heterocycles. The van der Waals surface area contributed by atoms with Gasteiger partial charge in [0.2, 0.25) is 0 Å². The molecular formula is C11H13ClN2O. The van der Waals surface area contributed by atoms with E-state index in [1.54, 1.807) is 0 Å². The smallest absolute Gasteiger partial charge is 0.109 e. The number of aromatic nitrogens is 2. The molecule has 80 valence electrons. The number of aliphatic hydroxyl groups is 1. The Bertz CT molecular complexity index is 479. The first kappa shape index (κ1) is 10.5. The SMILES string of the molecule is CCc1nc2cc(Cl)ccc2n1CCO. The summed E-state index contributed by atoms with van der Waals surface area (Å²) in [5.74, 6) is 0.987. The Morgan fingerprint density at radius 3 is 2.93 bits per heavy atom. The van der Waals surface area contributed by atoms with Gasteiger partial charge in [-0.05, 0) is 18.2 Å². The zero-order valence-electron chi connectivity index (χ0n) is 8.57. The van der Waals surface area contributed by atoms with Crippen molar-refractivity contribution in [2.45, 2.75) is 19.9 Å². The average Bonchev–Trinajstić information content (AvgIpc) is 2.56. The zero-order chi connectivity index (χ0) is 10.8. The van der Waals surface area contributed by atoms with Crippen molar-refractivity contribution in [2.75, 3.05) is 6.61 Å². The van der Waals surface area contributed by atoms with E-state index in [0.717, 1.165) is 23.3 Å². The number of halogens is 1. The van der Waals surface area contributed by atoms with Gasteiger partial charge in [0.15, 0.2) is 0 Å². The number of benzene rings is 1. The highest BCUT2D eigenvalue weighted by atomic mass is 35.5. The molecule has 3 nitrogen and oxygen atoms in total. The number of fused-ring (bicyclic) bond motifs is 1. The van der Waals surface area contributed by atoms with Crippen LogP contribution < -0.4 is 0 Å². The lowest BCUT2D eigenvalue weighted by Crippen LogP contribution is -2.05. The summed E-state index contributed by atoms with van der Waals surface area (Å²) in [6, 6.07) is 5.64. The van der Waals surface area contributed by atoms with Gasteiger partial charge in [0.1, 0.15) is 5.82 Å². The van der Waals surface area contributed by atoms with E-state index < -0.39 is 0 Å². The predicted molar refractivity (Wildman–Crippen MR) is 61.2 cm³/mol. The molecule has 2 aromatic rings. The third kappa shape index (κ3) is 1.85. The molecule has 0 saturated heterocycles. The van der Waals surface area contributed by atoms with Crippen LogP contribution in [0.15, 0.2) is 18.2 Å². The Morgan fingerprint density at radius 2 is 2.27 bits per heavy atom. The van der Waals surface area contributed by atoms with E-state index in [4.69, 9.17) is 16.7 Å². The molecule has 0 saturated carbocycles. The normalized spacial score (nSPS) is 11.1. The molecule has 0 bridgehead atoms. The van der Waals surface area contributed by atoms with E-state index >= 15 is 0 Å². The second-order valence-electron chi connectivity index (χ2n) is 3.39. The van der Waals surface area contributed by atoms with Crippen molar-refractivity contribution in [1.29, 1.82) is 0 Å². The van der Waals surface area contributed by atoms with Crippen LogP contribution in [-0.2, 0) is 13.0 Å². The highest BCUT2D eigenvalue weighted by molar-refractivity contribution is 6.31. The van der Waals surface area contributed by atoms with Crippen LogP contribution in [0.25, 0.3) is 11.0 Å². The summed E-state index contributed by atoms with van der Waals surface area (Å²) in [5, 5.41) is 9.69. The second kappa shape index (κ2) is 4.21. The minimum absolute atomic E-state index is 0.126. The van der Waals surface area contributed by atoms with Crippen LogP contribution in [0.2, 0.25) is 5.02 Å². The number of rotatable bonds is 3. The first-order valence-electron chi connectivity index (χ1n) is 5.01. The Balaban J connectivity index is 2.63. The van der Waals surface area contributed by atoms with E-state index in [9.17, 15) is 0 Å². The van der Waals surface area contributed by atoms with E-state index in [2.05, 4.69) is 11.9 Å². The highest BCUT2D eigenvalue weighted by Gasteiger charge is 2.08. The number of imidazole rings is 1. The van der Waals surface area contributed by atoms with Crippen molar-refractivity contribution in [3.05, 3.63) is 29.0 Å². The molecule has 15 heavy (non-hydrogen) atoms. The topological polar surface area (TPSA) is 38.0 Å². The number of hydrogen-bond acceptors (Lipinski definition) is 2. The maximum atomic E-state index is 9.00. The number of nitrogens with zero attached hydrogens (tertiary/aromatic N) is 2. The largest absolute Gasteiger partial charge is 0.395 e. The molecule has 0 fully saturated rings. The lowest BCUT2D eigenvalue weighted by molar-refractivity contribution is 0.276. The van der Waals surface area contributed by atoms with Crippen LogP contribution in [0.5, 0.6) is 0 Å². The fraction of sp³-hybridized carbons (Fsp3) is 0.364. The van der Waals surface area contributed by atoms with Gasteiger partial charge in [-0.15, -0.1) is 0 Å². The zero-order valence-corrected chi connectivity index (χ0v) is 9.33. The summed E-state index contributed by atoms with van der Waals surface area (Å²) < 4.78 is 2.03. The summed E-state index contributed by atoms with van der Waals surface area (Å²) >= 11 is 5.90. The summed E-state index contributed by atoms with van der Waals surface area (Å²) in [5.41, 5.74) is 1.93. The third-order valence-electron chi connectivity index (χ3n) is 2.43. The van der Waals surface area contributed by atoms with E-state index in [-0.39, 0.29) is 6.61 Å². The van der Waals surface area contributed by atoms with Gasteiger partial charge in [-0.1, -0.05) is 18.5 Å². The van der Waals surface area contributed by atoms with E-state index in [0.29, 0.717) is 11.6 Å². The Morgan fingerprint density at radius 1 is 1.47 bits per heavy atom. The van der Waals surface area contributed by atoms with Gasteiger partial charge in [0.05, 0.1) is 17.6 Å². The molecule has 0 atom stereocenters. The molecule has 0 radical (unpaired) electrons. The summed E-state index contributed by atoms with van der Waals surface area (Å²) in [6.07, 6.45) is 0.853. The van der Waals surface area contributed by atoms with Gasteiger partial charge in [-0.25, -0.2) is 4.98 Å². The third-order valence-corrected chi connectivity index (χ3v) is 2.66. The summed E-state index contributed by atoms with van der Waals surface area (Å²) in [4.78, 5) is 4.48. The molecule has 4 heteroatoms. The van der Waals surface area contributed by atoms with E-state index in [1.807, 2.05) is 22.8 Å². The first-order chi connectivity index (χ1) is 7.26. The lowest BCUT2D eigenvalue weighted by Gasteiger charge is -2.04. The quantitative estimate of drug-likeness (QED) is 0.869. The standard InChI is InChI=1S/C11H13ClN2O/c1-2-11-13-9-7-8(12)3-4-10(9)14(11)5-6-15/h3-4,7,15H,2,5-6H2,1H3. The molecule has 0 amide bonds. The molecule has 1 N–H and O–H groups in total. The highest BCUT2D eigenvalue weighted by Crippen LogP contribution is 2.20. The van der Waals surface area contributed by atoms with Crippen LogP contribution >= 0.6 is 11.6 Å². The summed E-state index contributed by atoms with van der Waals surface area (Å²) in [7, 11) is 0. The van der Waals surface area contributed by atoms with Gasteiger partial charge < -0.3 is 9.67 Å². The number of aryl methyl sites for hydroxylation is 1. The van der Waals surface area contributed by atoms with Crippen LogP contribution in [0.3, 0.4) is 0 Å². The van der Waals surface area contributed by atoms with Crippen LogP contribution in [-0.4, -0.2) is 21.3 Å². The van der Waals surface area contributed by atoms with Crippen molar-refractivity contribution >= 4 is 22.6 Å². The van der Waals surface area contributed by atoms with Gasteiger partial charge in [0, 0.05) is 18.0 Å². The lowest BCUT2D eigenvalue weighted by atomic mass is 10.3. The molecule has 0 aliphatic carbocycles.